The molecular formula is C24H28N4O4S. The zero-order chi connectivity index (χ0) is 24.0. The van der Waals surface area contributed by atoms with Crippen molar-refractivity contribution in [1.82, 2.24) is 15.2 Å². The Kier molecular flexibility index (Phi) is 7.65. The third kappa shape index (κ3) is 6.52. The first-order valence-corrected chi connectivity index (χ1v) is 10.9. The van der Waals surface area contributed by atoms with Crippen molar-refractivity contribution < 1.29 is 19.1 Å². The molecular weight excluding hydrogens is 440 g/mol. The Labute approximate surface area is 199 Å². The van der Waals surface area contributed by atoms with E-state index in [2.05, 4.69) is 15.6 Å². The van der Waals surface area contributed by atoms with Crippen LogP contribution in [0, 0.1) is 0 Å². The van der Waals surface area contributed by atoms with Crippen LogP contribution in [0.25, 0.3) is 0 Å². The van der Waals surface area contributed by atoms with Crippen LogP contribution < -0.4 is 15.4 Å². The standard InChI is InChI=1S/C24H28N4O4S/c1-24(2,3)32-23(30)28-14-18(26-12-16-10-11-25-13-20(16)31-4)21(19(29)15-28)22(33)27-17-8-6-5-7-9-17/h5-11,13,26H,12,14-15H2,1-4H3,(H,27,33). The number of thiocarbonyl (C=S) groups is 1. The van der Waals surface area contributed by atoms with Crippen LogP contribution >= 0.6 is 12.2 Å². The third-order valence-electron chi connectivity index (χ3n) is 4.76. The number of carbonyl (C=O) groups is 2. The summed E-state index contributed by atoms with van der Waals surface area (Å²) in [6.45, 7) is 5.74. The lowest BCUT2D eigenvalue weighted by Crippen LogP contribution is -2.48. The summed E-state index contributed by atoms with van der Waals surface area (Å²) in [5.74, 6) is 0.341. The molecule has 0 radical (unpaired) electrons. The van der Waals surface area contributed by atoms with Crippen LogP contribution in [-0.4, -0.2) is 52.5 Å². The number of hydrogen-bond acceptors (Lipinski definition) is 7. The summed E-state index contributed by atoms with van der Waals surface area (Å²) in [6.07, 6.45) is 2.72. The molecule has 0 bridgehead atoms. The van der Waals surface area contributed by atoms with Crippen molar-refractivity contribution in [2.24, 2.45) is 0 Å². The van der Waals surface area contributed by atoms with E-state index in [-0.39, 0.29) is 18.9 Å². The van der Waals surface area contributed by atoms with Gasteiger partial charge in [-0.15, -0.1) is 0 Å². The number of ketones is 1. The number of hydrogen-bond donors (Lipinski definition) is 2. The molecule has 0 saturated heterocycles. The Morgan fingerprint density at radius 1 is 1.18 bits per heavy atom. The third-order valence-corrected chi connectivity index (χ3v) is 5.06. The molecule has 9 heteroatoms. The fraction of sp³-hybridized carbons (Fsp3) is 0.333. The lowest BCUT2D eigenvalue weighted by Gasteiger charge is -2.32. The predicted octanol–water partition coefficient (Wildman–Crippen LogP) is 3.69. The Bertz CT molecular complexity index is 1060. The van der Waals surface area contributed by atoms with Gasteiger partial charge in [0, 0.05) is 29.7 Å². The van der Waals surface area contributed by atoms with E-state index in [1.165, 1.54) is 4.90 Å². The van der Waals surface area contributed by atoms with E-state index in [0.717, 1.165) is 11.3 Å². The normalized spacial score (nSPS) is 14.1. The fourth-order valence-electron chi connectivity index (χ4n) is 3.27. The van der Waals surface area contributed by atoms with Crippen LogP contribution in [-0.2, 0) is 16.1 Å². The van der Waals surface area contributed by atoms with Gasteiger partial charge < -0.3 is 20.1 Å². The van der Waals surface area contributed by atoms with Crippen molar-refractivity contribution in [2.75, 3.05) is 25.5 Å². The van der Waals surface area contributed by atoms with Gasteiger partial charge in [-0.1, -0.05) is 30.4 Å². The molecule has 1 aromatic heterocycles. The maximum absolute atomic E-state index is 13.1. The van der Waals surface area contributed by atoms with E-state index in [0.29, 0.717) is 28.6 Å². The maximum atomic E-state index is 13.1. The van der Waals surface area contributed by atoms with Gasteiger partial charge >= 0.3 is 6.09 Å². The molecule has 1 amide bonds. The highest BCUT2D eigenvalue weighted by Gasteiger charge is 2.33. The number of rotatable bonds is 6. The molecule has 2 N–H and O–H groups in total. The van der Waals surface area contributed by atoms with Gasteiger partial charge in [0.05, 0.1) is 32.0 Å². The monoisotopic (exact) mass is 468 g/mol. The second-order valence-electron chi connectivity index (χ2n) is 8.47. The Balaban J connectivity index is 1.89. The van der Waals surface area contributed by atoms with Crippen molar-refractivity contribution in [3.63, 3.8) is 0 Å². The molecule has 0 spiro atoms. The number of benzene rings is 1. The van der Waals surface area contributed by atoms with Crippen LogP contribution in [0.2, 0.25) is 0 Å². The number of ether oxygens (including phenoxy) is 2. The zero-order valence-electron chi connectivity index (χ0n) is 19.2. The minimum absolute atomic E-state index is 0.120. The number of methoxy groups -OCH3 is 1. The summed E-state index contributed by atoms with van der Waals surface area (Å²) in [4.78, 5) is 31.5. The Morgan fingerprint density at radius 3 is 2.58 bits per heavy atom. The lowest BCUT2D eigenvalue weighted by atomic mass is 10.0. The Hall–Kier alpha value is -3.46. The maximum Gasteiger partial charge on any atom is 0.411 e. The number of carbonyl (C=O) groups excluding carboxylic acids is 2. The number of amides is 1. The van der Waals surface area contributed by atoms with Crippen molar-refractivity contribution in [2.45, 2.75) is 32.9 Å². The number of anilines is 1. The molecule has 2 heterocycles. The average Bonchev–Trinajstić information content (AvgIpc) is 2.76. The van der Waals surface area contributed by atoms with Crippen LogP contribution in [0.5, 0.6) is 5.75 Å². The van der Waals surface area contributed by atoms with Crippen LogP contribution in [0.15, 0.2) is 60.1 Å². The molecule has 0 aliphatic carbocycles. The van der Waals surface area contributed by atoms with Gasteiger partial charge in [0.15, 0.2) is 5.78 Å². The molecule has 3 rings (SSSR count). The molecule has 0 saturated carbocycles. The van der Waals surface area contributed by atoms with Gasteiger partial charge in [0.1, 0.15) is 16.3 Å². The van der Waals surface area contributed by atoms with Crippen LogP contribution in [0.4, 0.5) is 10.5 Å². The lowest BCUT2D eigenvalue weighted by molar-refractivity contribution is -0.116. The molecule has 2 aromatic rings. The molecule has 1 aliphatic heterocycles. The minimum Gasteiger partial charge on any atom is -0.495 e. The van der Waals surface area contributed by atoms with Crippen molar-refractivity contribution in [3.8, 4) is 5.75 Å². The summed E-state index contributed by atoms with van der Waals surface area (Å²) in [7, 11) is 1.57. The van der Waals surface area contributed by atoms with Crippen molar-refractivity contribution in [3.05, 3.63) is 65.6 Å². The second-order valence-corrected chi connectivity index (χ2v) is 8.88. The van der Waals surface area contributed by atoms with E-state index in [1.807, 2.05) is 36.4 Å². The molecule has 33 heavy (non-hydrogen) atoms. The van der Waals surface area contributed by atoms with Gasteiger partial charge in [0.25, 0.3) is 0 Å². The predicted molar refractivity (Wildman–Crippen MR) is 130 cm³/mol. The number of aromatic nitrogens is 1. The van der Waals surface area contributed by atoms with Gasteiger partial charge in [0.2, 0.25) is 0 Å². The topological polar surface area (TPSA) is 92.8 Å². The first-order valence-electron chi connectivity index (χ1n) is 10.5. The summed E-state index contributed by atoms with van der Waals surface area (Å²) < 4.78 is 10.8. The van der Waals surface area contributed by atoms with Gasteiger partial charge in [-0.2, -0.15) is 0 Å². The van der Waals surface area contributed by atoms with E-state index < -0.39 is 11.7 Å². The first-order chi connectivity index (χ1) is 15.7. The molecule has 0 atom stereocenters. The first kappa shape index (κ1) is 24.2. The Morgan fingerprint density at radius 2 is 1.91 bits per heavy atom. The fourth-order valence-corrected chi connectivity index (χ4v) is 3.62. The highest BCUT2D eigenvalue weighted by molar-refractivity contribution is 7.81. The van der Waals surface area contributed by atoms with E-state index >= 15 is 0 Å². The van der Waals surface area contributed by atoms with Crippen molar-refractivity contribution in [1.29, 1.82) is 0 Å². The van der Waals surface area contributed by atoms with Crippen molar-refractivity contribution >= 4 is 34.8 Å². The molecule has 0 unspecified atom stereocenters. The zero-order valence-corrected chi connectivity index (χ0v) is 20.0. The highest BCUT2D eigenvalue weighted by atomic mass is 32.1. The second kappa shape index (κ2) is 10.4. The molecule has 174 valence electrons. The van der Waals surface area contributed by atoms with Crippen LogP contribution in [0.3, 0.4) is 0 Å². The van der Waals surface area contributed by atoms with Gasteiger partial charge in [-0.05, 0) is 39.0 Å². The summed E-state index contributed by atoms with van der Waals surface area (Å²) in [5.41, 5.74) is 1.83. The number of Topliss-reactive ketones (excluding diaryl/α,β-unsaturated/α-hetero) is 1. The SMILES string of the molecule is COc1cnccc1CNC1=C(C(=S)Nc2ccccc2)C(=O)CN(C(=O)OC(C)(C)C)C1. The molecule has 1 aromatic carbocycles. The minimum atomic E-state index is -0.674. The van der Waals surface area contributed by atoms with E-state index in [4.69, 9.17) is 21.7 Å². The van der Waals surface area contributed by atoms with Gasteiger partial charge in [-0.3, -0.25) is 14.7 Å². The number of pyridine rings is 1. The largest absolute Gasteiger partial charge is 0.495 e. The summed E-state index contributed by atoms with van der Waals surface area (Å²) in [5, 5.41) is 6.40. The van der Waals surface area contributed by atoms with E-state index in [9.17, 15) is 9.59 Å². The number of nitrogens with zero attached hydrogens (tertiary/aromatic N) is 2. The smallest absolute Gasteiger partial charge is 0.411 e. The molecule has 8 nitrogen and oxygen atoms in total. The van der Waals surface area contributed by atoms with Gasteiger partial charge in [-0.25, -0.2) is 4.79 Å². The molecule has 0 fully saturated rings. The molecule has 1 aliphatic rings. The summed E-state index contributed by atoms with van der Waals surface area (Å²) >= 11 is 5.58. The van der Waals surface area contributed by atoms with E-state index in [1.54, 1.807) is 40.3 Å². The average molecular weight is 469 g/mol. The van der Waals surface area contributed by atoms with Crippen LogP contribution in [0.1, 0.15) is 26.3 Å². The highest BCUT2D eigenvalue weighted by Crippen LogP contribution is 2.22. The summed E-state index contributed by atoms with van der Waals surface area (Å²) in [6, 6.07) is 11.2. The quantitative estimate of drug-likeness (QED) is 0.620. The number of para-hydroxylation sites is 1. The number of nitrogens with one attached hydrogen (secondary N) is 2.